The number of carbonyl (C=O) groups excluding carboxylic acids is 1. The fraction of sp³-hybridized carbons (Fsp3) is 0.385. The Morgan fingerprint density at radius 1 is 1.24 bits per heavy atom. The molecular weight excluding hydrogens is 426 g/mol. The van der Waals surface area contributed by atoms with Crippen molar-refractivity contribution in [2.24, 2.45) is 10.7 Å². The van der Waals surface area contributed by atoms with Crippen molar-refractivity contribution in [1.82, 2.24) is 10.6 Å². The van der Waals surface area contributed by atoms with Gasteiger partial charge in [0.25, 0.3) is 5.91 Å². The molecule has 0 heterocycles. The molecule has 8 heteroatoms. The average molecular weight is 445 g/mol. The SMILES string of the molecule is CCCN=C(N)NCCNC(=O)c1ccc(Cl)c(Cl)c1.I. The van der Waals surface area contributed by atoms with E-state index in [2.05, 4.69) is 15.6 Å². The van der Waals surface area contributed by atoms with Crippen LogP contribution < -0.4 is 16.4 Å². The molecule has 0 bridgehead atoms. The van der Waals surface area contributed by atoms with Crippen molar-refractivity contribution in [2.45, 2.75) is 13.3 Å². The Morgan fingerprint density at radius 2 is 1.90 bits per heavy atom. The zero-order chi connectivity index (χ0) is 15.0. The highest BCUT2D eigenvalue weighted by Gasteiger charge is 2.07. The van der Waals surface area contributed by atoms with Crippen molar-refractivity contribution < 1.29 is 4.79 Å². The van der Waals surface area contributed by atoms with Crippen LogP contribution in [0.2, 0.25) is 10.0 Å². The molecule has 0 aliphatic rings. The van der Waals surface area contributed by atoms with E-state index < -0.39 is 0 Å². The lowest BCUT2D eigenvalue weighted by molar-refractivity contribution is 0.0954. The quantitative estimate of drug-likeness (QED) is 0.273. The highest BCUT2D eigenvalue weighted by atomic mass is 127. The predicted molar refractivity (Wildman–Crippen MR) is 99.0 cm³/mol. The molecule has 0 aliphatic carbocycles. The van der Waals surface area contributed by atoms with Gasteiger partial charge < -0.3 is 16.4 Å². The summed E-state index contributed by atoms with van der Waals surface area (Å²) < 4.78 is 0. The maximum atomic E-state index is 11.8. The molecule has 0 fully saturated rings. The number of benzene rings is 1. The standard InChI is InChI=1S/C13H18Cl2N4O.HI/c1-2-5-18-13(16)19-7-6-17-12(20)9-3-4-10(14)11(15)8-9;/h3-4,8H,2,5-7H2,1H3,(H,17,20)(H3,16,18,19);1H. The Morgan fingerprint density at radius 3 is 2.52 bits per heavy atom. The zero-order valence-corrected chi connectivity index (χ0v) is 15.5. The Hall–Kier alpha value is -0.730. The van der Waals surface area contributed by atoms with E-state index >= 15 is 0 Å². The normalized spacial score (nSPS) is 10.7. The third-order valence-electron chi connectivity index (χ3n) is 2.40. The minimum absolute atomic E-state index is 0. The minimum atomic E-state index is -0.213. The van der Waals surface area contributed by atoms with Crippen LogP contribution in [0.15, 0.2) is 23.2 Å². The summed E-state index contributed by atoms with van der Waals surface area (Å²) in [7, 11) is 0. The number of guanidine groups is 1. The van der Waals surface area contributed by atoms with Gasteiger partial charge in [0.1, 0.15) is 0 Å². The minimum Gasteiger partial charge on any atom is -0.370 e. The lowest BCUT2D eigenvalue weighted by atomic mass is 10.2. The molecule has 0 atom stereocenters. The number of nitrogens with zero attached hydrogens (tertiary/aromatic N) is 1. The highest BCUT2D eigenvalue weighted by molar-refractivity contribution is 14.0. The molecule has 4 N–H and O–H groups in total. The van der Waals surface area contributed by atoms with Crippen LogP contribution in [0.1, 0.15) is 23.7 Å². The van der Waals surface area contributed by atoms with Gasteiger partial charge in [-0.1, -0.05) is 30.1 Å². The molecule has 0 saturated carbocycles. The van der Waals surface area contributed by atoms with Crippen molar-refractivity contribution in [3.05, 3.63) is 33.8 Å². The summed E-state index contributed by atoms with van der Waals surface area (Å²) in [6.07, 6.45) is 0.941. The second kappa shape index (κ2) is 10.9. The Balaban J connectivity index is 0.00000400. The predicted octanol–water partition coefficient (Wildman–Crippen LogP) is 2.66. The molecule has 0 saturated heterocycles. The molecule has 1 amide bonds. The van der Waals surface area contributed by atoms with Crippen molar-refractivity contribution >= 4 is 59.0 Å². The smallest absolute Gasteiger partial charge is 0.251 e. The monoisotopic (exact) mass is 444 g/mol. The number of amides is 1. The number of halogens is 3. The molecule has 0 spiro atoms. The van der Waals surface area contributed by atoms with Gasteiger partial charge in [-0.2, -0.15) is 0 Å². The number of nitrogens with two attached hydrogens (primary N) is 1. The van der Waals surface area contributed by atoms with Gasteiger partial charge in [0.15, 0.2) is 5.96 Å². The topological polar surface area (TPSA) is 79.5 Å². The van der Waals surface area contributed by atoms with Crippen LogP contribution >= 0.6 is 47.2 Å². The zero-order valence-electron chi connectivity index (χ0n) is 11.7. The summed E-state index contributed by atoms with van der Waals surface area (Å²) in [4.78, 5) is 15.9. The van der Waals surface area contributed by atoms with Gasteiger partial charge >= 0.3 is 0 Å². The van der Waals surface area contributed by atoms with Crippen LogP contribution in [-0.4, -0.2) is 31.5 Å². The van der Waals surface area contributed by atoms with Crippen LogP contribution in [-0.2, 0) is 0 Å². The molecule has 0 aromatic heterocycles. The molecule has 5 nitrogen and oxygen atoms in total. The van der Waals surface area contributed by atoms with Gasteiger partial charge in [0.2, 0.25) is 0 Å². The third kappa shape index (κ3) is 7.73. The summed E-state index contributed by atoms with van der Waals surface area (Å²) in [6, 6.07) is 4.74. The summed E-state index contributed by atoms with van der Waals surface area (Å²) >= 11 is 11.6. The third-order valence-corrected chi connectivity index (χ3v) is 3.14. The van der Waals surface area contributed by atoms with Gasteiger partial charge in [-0.25, -0.2) is 0 Å². The number of carbonyl (C=O) groups is 1. The number of rotatable bonds is 6. The fourth-order valence-electron chi connectivity index (χ4n) is 1.39. The lowest BCUT2D eigenvalue weighted by Crippen LogP contribution is -2.38. The van der Waals surface area contributed by atoms with E-state index in [-0.39, 0.29) is 29.9 Å². The number of hydrogen-bond donors (Lipinski definition) is 3. The van der Waals surface area contributed by atoms with E-state index in [1.807, 2.05) is 6.92 Å². The van der Waals surface area contributed by atoms with E-state index in [9.17, 15) is 4.79 Å². The molecular formula is C13H19Cl2IN4O. The molecule has 0 radical (unpaired) electrons. The second-order valence-corrected chi connectivity index (χ2v) is 4.89. The van der Waals surface area contributed by atoms with Crippen molar-refractivity contribution in [2.75, 3.05) is 19.6 Å². The van der Waals surface area contributed by atoms with E-state index in [4.69, 9.17) is 28.9 Å². The van der Waals surface area contributed by atoms with Crippen LogP contribution in [0.5, 0.6) is 0 Å². The average Bonchev–Trinajstić information content (AvgIpc) is 2.44. The van der Waals surface area contributed by atoms with Gasteiger partial charge in [0.05, 0.1) is 10.0 Å². The molecule has 118 valence electrons. The summed E-state index contributed by atoms with van der Waals surface area (Å²) in [6.45, 7) is 3.65. The van der Waals surface area contributed by atoms with Gasteiger partial charge in [0, 0.05) is 25.2 Å². The summed E-state index contributed by atoms with van der Waals surface area (Å²) in [5, 5.41) is 6.43. The number of aliphatic imine (C=N–C) groups is 1. The summed E-state index contributed by atoms with van der Waals surface area (Å²) in [5.74, 6) is 0.171. The van der Waals surface area contributed by atoms with Crippen LogP contribution in [0.3, 0.4) is 0 Å². The molecule has 21 heavy (non-hydrogen) atoms. The van der Waals surface area contributed by atoms with Gasteiger partial charge in [-0.15, -0.1) is 24.0 Å². The van der Waals surface area contributed by atoms with Gasteiger partial charge in [-0.05, 0) is 24.6 Å². The van der Waals surface area contributed by atoms with E-state index in [1.165, 1.54) is 6.07 Å². The Kier molecular flexibility index (Phi) is 10.5. The highest BCUT2D eigenvalue weighted by Crippen LogP contribution is 2.22. The van der Waals surface area contributed by atoms with Crippen LogP contribution in [0.25, 0.3) is 0 Å². The van der Waals surface area contributed by atoms with E-state index in [0.29, 0.717) is 41.2 Å². The maximum Gasteiger partial charge on any atom is 0.251 e. The largest absolute Gasteiger partial charge is 0.370 e. The Labute approximate surface area is 151 Å². The molecule has 0 unspecified atom stereocenters. The first kappa shape index (κ1) is 20.3. The number of hydrogen-bond acceptors (Lipinski definition) is 2. The number of nitrogens with one attached hydrogen (secondary N) is 2. The molecule has 1 rings (SSSR count). The fourth-order valence-corrected chi connectivity index (χ4v) is 1.69. The van der Waals surface area contributed by atoms with E-state index in [0.717, 1.165) is 6.42 Å². The van der Waals surface area contributed by atoms with Crippen molar-refractivity contribution in [3.8, 4) is 0 Å². The molecule has 1 aromatic carbocycles. The second-order valence-electron chi connectivity index (χ2n) is 4.08. The molecule has 1 aromatic rings. The Bertz CT molecular complexity index is 497. The van der Waals surface area contributed by atoms with Crippen LogP contribution in [0, 0.1) is 0 Å². The van der Waals surface area contributed by atoms with Crippen molar-refractivity contribution in [3.63, 3.8) is 0 Å². The first-order chi connectivity index (χ1) is 9.54. The lowest BCUT2D eigenvalue weighted by Gasteiger charge is -2.08. The summed E-state index contributed by atoms with van der Waals surface area (Å²) in [5.41, 5.74) is 6.08. The van der Waals surface area contributed by atoms with E-state index in [1.54, 1.807) is 12.1 Å². The van der Waals surface area contributed by atoms with Crippen molar-refractivity contribution in [1.29, 1.82) is 0 Å². The molecule has 0 aliphatic heterocycles. The first-order valence-corrected chi connectivity index (χ1v) is 7.07. The maximum absolute atomic E-state index is 11.8. The van der Waals surface area contributed by atoms with Gasteiger partial charge in [-0.3, -0.25) is 9.79 Å². The van der Waals surface area contributed by atoms with Crippen LogP contribution in [0.4, 0.5) is 0 Å². The first-order valence-electron chi connectivity index (χ1n) is 6.31.